The number of aryl methyl sites for hydroxylation is 1. The van der Waals surface area contributed by atoms with E-state index < -0.39 is 10.5 Å². The Morgan fingerprint density at radius 2 is 1.18 bits per heavy atom. The van der Waals surface area contributed by atoms with Crippen molar-refractivity contribution in [3.63, 3.8) is 0 Å². The van der Waals surface area contributed by atoms with E-state index in [2.05, 4.69) is 20.6 Å². The quantitative estimate of drug-likeness (QED) is 0.234. The van der Waals surface area contributed by atoms with Crippen LogP contribution in [0, 0.1) is 30.9 Å². The topological polar surface area (TPSA) is 147 Å². The van der Waals surface area contributed by atoms with Gasteiger partial charge in [-0.3, -0.25) is 29.1 Å². The third kappa shape index (κ3) is 4.32. The number of anilines is 4. The first-order valence-corrected chi connectivity index (χ1v) is 12.3. The number of benzene rings is 2. The highest BCUT2D eigenvalue weighted by atomic mass is 16.6. The van der Waals surface area contributed by atoms with Crippen LogP contribution in [0.2, 0.25) is 0 Å². The maximum atomic E-state index is 13.4. The highest BCUT2D eigenvalue weighted by Crippen LogP contribution is 2.30. The van der Waals surface area contributed by atoms with Crippen molar-refractivity contribution in [1.29, 1.82) is 0 Å². The second kappa shape index (κ2) is 10.0. The zero-order chi connectivity index (χ0) is 28.7. The van der Waals surface area contributed by atoms with Crippen LogP contribution in [0.15, 0.2) is 70.3 Å². The summed E-state index contributed by atoms with van der Waals surface area (Å²) in [6, 6.07) is 18.2. The van der Waals surface area contributed by atoms with E-state index in [1.54, 1.807) is 49.4 Å². The minimum Gasteiger partial charge on any atom is -0.328 e. The van der Waals surface area contributed by atoms with E-state index in [0.717, 1.165) is 0 Å². The molecule has 0 radical (unpaired) electrons. The lowest BCUT2D eigenvalue weighted by molar-refractivity contribution is -0.385. The molecule has 0 fully saturated rings. The molecule has 0 atom stereocenters. The van der Waals surface area contributed by atoms with Crippen LogP contribution in [0.3, 0.4) is 0 Å². The van der Waals surface area contributed by atoms with Gasteiger partial charge in [-0.25, -0.2) is 14.3 Å². The van der Waals surface area contributed by atoms with E-state index in [4.69, 9.17) is 0 Å². The average Bonchev–Trinajstić information content (AvgIpc) is 3.27. The molecule has 0 saturated carbocycles. The molecule has 5 aromatic rings. The molecule has 5 rings (SSSR count). The molecule has 0 saturated heterocycles. The molecule has 0 aliphatic carbocycles. The normalized spacial score (nSPS) is 11.0. The van der Waals surface area contributed by atoms with Crippen molar-refractivity contribution in [1.82, 2.24) is 28.7 Å². The summed E-state index contributed by atoms with van der Waals surface area (Å²) < 4.78 is 6.29. The van der Waals surface area contributed by atoms with Gasteiger partial charge in [-0.05, 0) is 45.0 Å². The van der Waals surface area contributed by atoms with Gasteiger partial charge in [0.1, 0.15) is 17.1 Å². The zero-order valence-electron chi connectivity index (χ0n) is 22.5. The van der Waals surface area contributed by atoms with E-state index in [9.17, 15) is 19.7 Å². The maximum Gasteiger partial charge on any atom is 0.332 e. The number of aromatic nitrogens is 6. The number of hydrogen-bond donors (Lipinski definition) is 2. The fourth-order valence-electron chi connectivity index (χ4n) is 4.58. The molecule has 0 spiro atoms. The Labute approximate surface area is 228 Å². The van der Waals surface area contributed by atoms with Crippen LogP contribution in [0.25, 0.3) is 11.4 Å². The van der Waals surface area contributed by atoms with Gasteiger partial charge in [-0.1, -0.05) is 36.4 Å². The molecule has 13 heteroatoms. The van der Waals surface area contributed by atoms with E-state index >= 15 is 0 Å². The Hall–Kier alpha value is -5.46. The Kier molecular flexibility index (Phi) is 6.55. The molecular formula is C27H27N9O4. The number of hydrogen-bond acceptors (Lipinski definition) is 8. The molecule has 13 nitrogen and oxygen atoms in total. The van der Waals surface area contributed by atoms with Crippen LogP contribution in [0.4, 0.5) is 28.8 Å². The zero-order valence-corrected chi connectivity index (χ0v) is 22.5. The van der Waals surface area contributed by atoms with Crippen molar-refractivity contribution >= 4 is 28.8 Å². The fraction of sp³-hybridized carbons (Fsp3) is 0.185. The summed E-state index contributed by atoms with van der Waals surface area (Å²) in [6.45, 7) is 4.96. The summed E-state index contributed by atoms with van der Waals surface area (Å²) in [5, 5.41) is 17.8. The highest BCUT2D eigenvalue weighted by Gasteiger charge is 2.26. The first-order valence-electron chi connectivity index (χ1n) is 12.3. The second-order valence-electron chi connectivity index (χ2n) is 9.21. The summed E-state index contributed by atoms with van der Waals surface area (Å²) in [4.78, 5) is 46.8. The van der Waals surface area contributed by atoms with Crippen molar-refractivity contribution in [3.8, 4) is 11.4 Å². The molecule has 0 unspecified atom stereocenters. The van der Waals surface area contributed by atoms with Crippen LogP contribution in [0.5, 0.6) is 0 Å². The summed E-state index contributed by atoms with van der Waals surface area (Å²) in [6.07, 6.45) is 0. The number of nitro groups is 1. The van der Waals surface area contributed by atoms with Gasteiger partial charge >= 0.3 is 5.69 Å². The molecule has 2 N–H and O–H groups in total. The first-order chi connectivity index (χ1) is 19.1. The van der Waals surface area contributed by atoms with Crippen molar-refractivity contribution in [2.75, 3.05) is 10.6 Å². The van der Waals surface area contributed by atoms with Gasteiger partial charge in [-0.2, -0.15) is 4.98 Å². The Balaban J connectivity index is 1.59. The largest absolute Gasteiger partial charge is 0.332 e. The van der Waals surface area contributed by atoms with Crippen LogP contribution < -0.4 is 21.8 Å². The van der Waals surface area contributed by atoms with Crippen LogP contribution in [-0.2, 0) is 14.1 Å². The van der Waals surface area contributed by atoms with E-state index in [-0.39, 0.29) is 40.1 Å². The van der Waals surface area contributed by atoms with Gasteiger partial charge in [-0.15, -0.1) is 0 Å². The van der Waals surface area contributed by atoms with Crippen molar-refractivity contribution < 1.29 is 4.92 Å². The molecule has 0 aliphatic heterocycles. The predicted octanol–water partition coefficient (Wildman–Crippen LogP) is 3.78. The van der Waals surface area contributed by atoms with Gasteiger partial charge in [0.15, 0.2) is 0 Å². The standard InChI is InChI=1S/C27H27N9O4/c1-16-23(36(39)40)24(29-21-17(2)32(4)34(25(21)37)19-12-8-6-9-13-19)31-27(28-16)30-22-18(3)33(5)35(26(22)38)20-14-10-7-11-15-20/h6-15H,1-5H3,(H2,28,29,30,31). The van der Waals surface area contributed by atoms with Crippen molar-refractivity contribution in [2.45, 2.75) is 20.8 Å². The third-order valence-electron chi connectivity index (χ3n) is 6.83. The van der Waals surface area contributed by atoms with Crippen molar-refractivity contribution in [2.24, 2.45) is 14.1 Å². The van der Waals surface area contributed by atoms with Crippen molar-refractivity contribution in [3.05, 3.63) is 109 Å². The number of nitrogens with one attached hydrogen (secondary N) is 2. The van der Waals surface area contributed by atoms with Gasteiger partial charge in [0.25, 0.3) is 11.1 Å². The summed E-state index contributed by atoms with van der Waals surface area (Å²) in [7, 11) is 3.47. The van der Waals surface area contributed by atoms with Crippen LogP contribution >= 0.6 is 0 Å². The summed E-state index contributed by atoms with van der Waals surface area (Å²) in [5.74, 6) is -0.212. The lowest BCUT2D eigenvalue weighted by Crippen LogP contribution is -2.21. The summed E-state index contributed by atoms with van der Waals surface area (Å²) in [5.41, 5.74) is 1.71. The smallest absolute Gasteiger partial charge is 0.328 e. The third-order valence-corrected chi connectivity index (χ3v) is 6.83. The molecule has 0 aliphatic rings. The second-order valence-corrected chi connectivity index (χ2v) is 9.21. The molecule has 2 aromatic carbocycles. The molecule has 3 heterocycles. The van der Waals surface area contributed by atoms with Gasteiger partial charge in [0.2, 0.25) is 11.8 Å². The minimum atomic E-state index is -0.606. The first kappa shape index (κ1) is 26.2. The monoisotopic (exact) mass is 541 g/mol. The molecular weight excluding hydrogens is 514 g/mol. The fourth-order valence-corrected chi connectivity index (χ4v) is 4.58. The lowest BCUT2D eigenvalue weighted by atomic mass is 10.3. The van der Waals surface area contributed by atoms with E-state index in [1.165, 1.54) is 16.3 Å². The Bertz CT molecular complexity index is 1870. The van der Waals surface area contributed by atoms with E-state index in [1.807, 2.05) is 48.5 Å². The Morgan fingerprint density at radius 1 is 0.725 bits per heavy atom. The maximum absolute atomic E-state index is 13.4. The number of para-hydroxylation sites is 2. The molecule has 40 heavy (non-hydrogen) atoms. The number of rotatable bonds is 7. The SMILES string of the molecule is Cc1nc(Nc2c(C)n(C)n(-c3ccccc3)c2=O)nc(Nc2c(C)n(C)n(-c3ccccc3)c2=O)c1[N+](=O)[O-]. The van der Waals surface area contributed by atoms with Gasteiger partial charge < -0.3 is 10.6 Å². The molecule has 0 bridgehead atoms. The molecule has 3 aromatic heterocycles. The average molecular weight is 542 g/mol. The summed E-state index contributed by atoms with van der Waals surface area (Å²) >= 11 is 0. The highest BCUT2D eigenvalue weighted by molar-refractivity contribution is 5.70. The van der Waals surface area contributed by atoms with Gasteiger partial charge in [0, 0.05) is 14.1 Å². The molecule has 0 amide bonds. The lowest BCUT2D eigenvalue weighted by Gasteiger charge is -2.10. The minimum absolute atomic E-state index is 0.0337. The predicted molar refractivity (Wildman–Crippen MR) is 151 cm³/mol. The molecule has 204 valence electrons. The van der Waals surface area contributed by atoms with Crippen LogP contribution in [0.1, 0.15) is 17.1 Å². The van der Waals surface area contributed by atoms with Crippen LogP contribution in [-0.4, -0.2) is 33.6 Å². The van der Waals surface area contributed by atoms with Gasteiger partial charge in [0.05, 0.1) is 27.7 Å². The van der Waals surface area contributed by atoms with E-state index in [0.29, 0.717) is 22.8 Å². The Morgan fingerprint density at radius 3 is 1.62 bits per heavy atom. The number of nitrogens with zero attached hydrogens (tertiary/aromatic N) is 7.